The second kappa shape index (κ2) is 6.64. The number of H-pyrrole nitrogens is 1. The van der Waals surface area contributed by atoms with Crippen molar-refractivity contribution in [1.82, 2.24) is 9.97 Å². The van der Waals surface area contributed by atoms with Gasteiger partial charge in [0.1, 0.15) is 4.83 Å². The molecule has 27 heavy (non-hydrogen) atoms. The number of aromatic carboxylic acids is 1. The Balaban J connectivity index is 1.81. The standard InChI is InChI=1S/C20H13ClN2O3S/c1-10-15-18(24)22-17(23-19(15)27-16(10)20(25)26)14(21)9-11-6-7-12-4-2-3-5-13(12)8-11/h2-9H,1H3,(H,25,26)(H,22,23,24)/p-1/b14-9-. The summed E-state index contributed by atoms with van der Waals surface area (Å²) in [6.45, 7) is 1.56. The quantitative estimate of drug-likeness (QED) is 0.574. The summed E-state index contributed by atoms with van der Waals surface area (Å²) in [6.07, 6.45) is 1.71. The zero-order valence-electron chi connectivity index (χ0n) is 14.1. The van der Waals surface area contributed by atoms with Crippen molar-refractivity contribution >= 4 is 61.0 Å². The lowest BCUT2D eigenvalue weighted by Crippen LogP contribution is -2.21. The molecular weight excluding hydrogens is 384 g/mol. The van der Waals surface area contributed by atoms with Gasteiger partial charge in [-0.05, 0) is 41.0 Å². The molecule has 4 rings (SSSR count). The molecule has 5 nitrogen and oxygen atoms in total. The highest BCUT2D eigenvalue weighted by molar-refractivity contribution is 7.20. The zero-order valence-corrected chi connectivity index (χ0v) is 15.6. The molecule has 2 aromatic carbocycles. The first-order valence-electron chi connectivity index (χ1n) is 8.05. The van der Waals surface area contributed by atoms with E-state index in [4.69, 9.17) is 11.6 Å². The van der Waals surface area contributed by atoms with Crippen molar-refractivity contribution < 1.29 is 9.90 Å². The van der Waals surface area contributed by atoms with Gasteiger partial charge in [-0.15, -0.1) is 11.3 Å². The molecule has 1 N–H and O–H groups in total. The summed E-state index contributed by atoms with van der Waals surface area (Å²) in [5.74, 6) is -1.14. The van der Waals surface area contributed by atoms with E-state index in [1.165, 1.54) is 0 Å². The Morgan fingerprint density at radius 1 is 1.22 bits per heavy atom. The first-order valence-corrected chi connectivity index (χ1v) is 9.24. The van der Waals surface area contributed by atoms with Crippen LogP contribution >= 0.6 is 22.9 Å². The third kappa shape index (κ3) is 3.13. The minimum atomic E-state index is -1.32. The third-order valence-electron chi connectivity index (χ3n) is 4.28. The van der Waals surface area contributed by atoms with Gasteiger partial charge in [0.25, 0.3) is 5.56 Å². The summed E-state index contributed by atoms with van der Waals surface area (Å²) in [5.41, 5.74) is 0.783. The second-order valence-corrected chi connectivity index (χ2v) is 7.44. The summed E-state index contributed by atoms with van der Waals surface area (Å²) in [7, 11) is 0. The maximum atomic E-state index is 12.4. The lowest BCUT2D eigenvalue weighted by molar-refractivity contribution is -0.254. The number of halogens is 1. The van der Waals surface area contributed by atoms with E-state index in [2.05, 4.69) is 9.97 Å². The average Bonchev–Trinajstić information content (AvgIpc) is 2.99. The van der Waals surface area contributed by atoms with Crippen molar-refractivity contribution in [3.8, 4) is 0 Å². The maximum Gasteiger partial charge on any atom is 0.260 e. The van der Waals surface area contributed by atoms with Crippen LogP contribution in [0, 0.1) is 6.92 Å². The lowest BCUT2D eigenvalue weighted by Gasteiger charge is -2.02. The fourth-order valence-electron chi connectivity index (χ4n) is 2.96. The van der Waals surface area contributed by atoms with Crippen molar-refractivity contribution in [3.63, 3.8) is 0 Å². The number of fused-ring (bicyclic) bond motifs is 2. The van der Waals surface area contributed by atoms with Crippen LogP contribution in [0.3, 0.4) is 0 Å². The number of hydrogen-bond acceptors (Lipinski definition) is 5. The molecule has 134 valence electrons. The first-order chi connectivity index (χ1) is 12.9. The van der Waals surface area contributed by atoms with Gasteiger partial charge in [0, 0.05) is 0 Å². The van der Waals surface area contributed by atoms with Crippen molar-refractivity contribution in [1.29, 1.82) is 0 Å². The number of nitrogens with one attached hydrogen (secondary N) is 1. The zero-order chi connectivity index (χ0) is 19.1. The fraction of sp³-hybridized carbons (Fsp3) is 0.0500. The Kier molecular flexibility index (Phi) is 4.30. The molecule has 0 aliphatic rings. The second-order valence-electron chi connectivity index (χ2n) is 6.04. The number of hydrogen-bond donors (Lipinski definition) is 1. The van der Waals surface area contributed by atoms with Crippen molar-refractivity contribution in [2.75, 3.05) is 0 Å². The number of aryl methyl sites for hydroxylation is 1. The van der Waals surface area contributed by atoms with Gasteiger partial charge >= 0.3 is 0 Å². The number of aromatic nitrogens is 2. The summed E-state index contributed by atoms with van der Waals surface area (Å²) in [4.78, 5) is 30.9. The molecule has 0 radical (unpaired) electrons. The van der Waals surface area contributed by atoms with Crippen LogP contribution < -0.4 is 10.7 Å². The van der Waals surface area contributed by atoms with E-state index in [0.29, 0.717) is 10.4 Å². The van der Waals surface area contributed by atoms with Gasteiger partial charge in [-0.3, -0.25) is 4.79 Å². The fourth-order valence-corrected chi connectivity index (χ4v) is 4.20. The van der Waals surface area contributed by atoms with Gasteiger partial charge in [0.15, 0.2) is 5.82 Å². The van der Waals surface area contributed by atoms with Gasteiger partial charge in [0.05, 0.1) is 21.3 Å². The van der Waals surface area contributed by atoms with E-state index in [-0.39, 0.29) is 21.1 Å². The highest BCUT2D eigenvalue weighted by Gasteiger charge is 2.15. The number of carbonyl (C=O) groups is 1. The molecule has 0 bridgehead atoms. The van der Waals surface area contributed by atoms with Crippen LogP contribution in [0.1, 0.15) is 26.6 Å². The van der Waals surface area contributed by atoms with Crippen LogP contribution in [-0.4, -0.2) is 15.9 Å². The van der Waals surface area contributed by atoms with Crippen LogP contribution in [0.5, 0.6) is 0 Å². The Morgan fingerprint density at radius 3 is 2.70 bits per heavy atom. The third-order valence-corrected chi connectivity index (χ3v) is 5.73. The molecule has 0 saturated carbocycles. The van der Waals surface area contributed by atoms with E-state index < -0.39 is 11.5 Å². The summed E-state index contributed by atoms with van der Waals surface area (Å²) >= 11 is 7.28. The van der Waals surface area contributed by atoms with Crippen LogP contribution in [0.15, 0.2) is 47.3 Å². The normalized spacial score (nSPS) is 12.0. The number of aromatic amines is 1. The van der Waals surface area contributed by atoms with E-state index in [1.54, 1.807) is 13.0 Å². The molecule has 7 heteroatoms. The maximum absolute atomic E-state index is 12.4. The molecule has 2 aromatic heterocycles. The molecule has 2 heterocycles. The molecule has 0 aliphatic carbocycles. The number of thiophene rings is 1. The highest BCUT2D eigenvalue weighted by Crippen LogP contribution is 2.28. The lowest BCUT2D eigenvalue weighted by atomic mass is 10.1. The number of rotatable bonds is 3. The van der Waals surface area contributed by atoms with Crippen molar-refractivity contribution in [2.45, 2.75) is 6.92 Å². The van der Waals surface area contributed by atoms with E-state index in [1.807, 2.05) is 42.5 Å². The minimum absolute atomic E-state index is 0.00483. The molecule has 0 spiro atoms. The topological polar surface area (TPSA) is 85.9 Å². The molecule has 0 amide bonds. The molecule has 4 aromatic rings. The van der Waals surface area contributed by atoms with E-state index >= 15 is 0 Å². The monoisotopic (exact) mass is 395 g/mol. The Labute approximate surface area is 162 Å². The minimum Gasteiger partial charge on any atom is -0.544 e. The summed E-state index contributed by atoms with van der Waals surface area (Å²) in [5, 5.41) is 13.9. The Hall–Kier alpha value is -2.96. The Bertz CT molecular complexity index is 1300. The smallest absolute Gasteiger partial charge is 0.260 e. The molecular formula is C20H12ClN2O3S-. The number of nitrogens with zero attached hydrogens (tertiary/aromatic N) is 1. The average molecular weight is 396 g/mol. The van der Waals surface area contributed by atoms with E-state index in [9.17, 15) is 14.7 Å². The molecule has 0 saturated heterocycles. The SMILES string of the molecule is Cc1c(C(=O)[O-])sc2nc(/C(Cl)=C/c3ccc4ccccc4c3)[nH]c(=O)c12. The highest BCUT2D eigenvalue weighted by atomic mass is 35.5. The van der Waals surface area contributed by atoms with Crippen molar-refractivity contribution in [2.24, 2.45) is 0 Å². The van der Waals surface area contributed by atoms with Crippen LogP contribution in [0.2, 0.25) is 0 Å². The number of carboxylic acid groups (broad SMARTS) is 1. The van der Waals surface area contributed by atoms with Gasteiger partial charge in [-0.2, -0.15) is 0 Å². The van der Waals surface area contributed by atoms with Crippen LogP contribution in [-0.2, 0) is 0 Å². The molecule has 0 aliphatic heterocycles. The van der Waals surface area contributed by atoms with Crippen molar-refractivity contribution in [3.05, 3.63) is 74.6 Å². The number of carbonyl (C=O) groups excluding carboxylic acids is 1. The first kappa shape index (κ1) is 17.5. The van der Waals surface area contributed by atoms with Gasteiger partial charge in [-0.1, -0.05) is 48.0 Å². The summed E-state index contributed by atoms with van der Waals surface area (Å²) in [6, 6.07) is 13.8. The van der Waals surface area contributed by atoms with Crippen LogP contribution in [0.25, 0.3) is 32.1 Å². The van der Waals surface area contributed by atoms with E-state index in [0.717, 1.165) is 27.7 Å². The summed E-state index contributed by atoms with van der Waals surface area (Å²) < 4.78 is 0. The molecule has 0 fully saturated rings. The molecule has 0 unspecified atom stereocenters. The van der Waals surface area contributed by atoms with Crippen LogP contribution in [0.4, 0.5) is 0 Å². The number of carboxylic acids is 1. The van der Waals surface area contributed by atoms with Gasteiger partial charge in [0.2, 0.25) is 0 Å². The van der Waals surface area contributed by atoms with Gasteiger partial charge in [-0.25, -0.2) is 4.98 Å². The predicted molar refractivity (Wildman–Crippen MR) is 107 cm³/mol. The number of benzene rings is 2. The van der Waals surface area contributed by atoms with Gasteiger partial charge < -0.3 is 14.9 Å². The predicted octanol–water partition coefficient (Wildman–Crippen LogP) is 3.55. The largest absolute Gasteiger partial charge is 0.544 e. The molecule has 0 atom stereocenters. The Morgan fingerprint density at radius 2 is 1.96 bits per heavy atom.